The Morgan fingerprint density at radius 3 is 2.75 bits per heavy atom. The fourth-order valence-electron chi connectivity index (χ4n) is 1.76. The van der Waals surface area contributed by atoms with Crippen LogP contribution in [0.3, 0.4) is 0 Å². The van der Waals surface area contributed by atoms with Gasteiger partial charge in [-0.05, 0) is 12.1 Å². The minimum Gasteiger partial charge on any atom is -0.493 e. The van der Waals surface area contributed by atoms with Gasteiger partial charge >= 0.3 is 0 Å². The fraction of sp³-hybridized carbons (Fsp3) is 0.400. The van der Waals surface area contributed by atoms with Crippen LogP contribution in [0.25, 0.3) is 0 Å². The first-order valence-electron chi connectivity index (χ1n) is 6.73. The number of benzene rings is 1. The molecule has 1 aromatic heterocycles. The number of hydrogen-bond donors (Lipinski definition) is 1. The molecule has 0 amide bonds. The number of aryl methyl sites for hydroxylation is 1. The molecule has 2 aromatic rings. The van der Waals surface area contributed by atoms with E-state index in [-0.39, 0.29) is 0 Å². The molecule has 0 spiro atoms. The van der Waals surface area contributed by atoms with E-state index in [9.17, 15) is 0 Å². The summed E-state index contributed by atoms with van der Waals surface area (Å²) >= 11 is 0. The van der Waals surface area contributed by atoms with Crippen LogP contribution in [-0.4, -0.2) is 25.2 Å². The third-order valence-electron chi connectivity index (χ3n) is 2.83. The largest absolute Gasteiger partial charge is 0.493 e. The van der Waals surface area contributed by atoms with Gasteiger partial charge in [-0.1, -0.05) is 19.1 Å². The summed E-state index contributed by atoms with van der Waals surface area (Å²) in [5, 5.41) is 3.22. The molecule has 5 heteroatoms. The minimum absolute atomic E-state index is 0.557. The van der Waals surface area contributed by atoms with E-state index in [2.05, 4.69) is 10.3 Å². The molecule has 0 bridgehead atoms. The van der Waals surface area contributed by atoms with Crippen LogP contribution in [-0.2, 0) is 13.0 Å². The van der Waals surface area contributed by atoms with E-state index in [1.165, 1.54) is 0 Å². The van der Waals surface area contributed by atoms with Crippen LogP contribution in [0.5, 0.6) is 11.5 Å². The molecule has 0 aliphatic carbocycles. The van der Waals surface area contributed by atoms with Gasteiger partial charge in [0.25, 0.3) is 0 Å². The lowest BCUT2D eigenvalue weighted by Gasteiger charge is -2.10. The number of methoxy groups -OCH3 is 1. The molecule has 20 heavy (non-hydrogen) atoms. The third kappa shape index (κ3) is 3.99. The van der Waals surface area contributed by atoms with E-state index in [0.717, 1.165) is 23.7 Å². The van der Waals surface area contributed by atoms with Gasteiger partial charge in [-0.2, -0.15) is 0 Å². The van der Waals surface area contributed by atoms with Crippen molar-refractivity contribution < 1.29 is 13.9 Å². The molecule has 0 saturated carbocycles. The molecule has 0 aliphatic heterocycles. The van der Waals surface area contributed by atoms with E-state index in [4.69, 9.17) is 13.9 Å². The zero-order chi connectivity index (χ0) is 14.2. The van der Waals surface area contributed by atoms with Gasteiger partial charge in [0.05, 0.1) is 19.9 Å². The van der Waals surface area contributed by atoms with Crippen LogP contribution < -0.4 is 14.8 Å². The second kappa shape index (κ2) is 7.55. The van der Waals surface area contributed by atoms with Crippen LogP contribution in [0.15, 0.2) is 34.9 Å². The van der Waals surface area contributed by atoms with Crippen LogP contribution in [0.2, 0.25) is 0 Å². The highest BCUT2D eigenvalue weighted by atomic mass is 16.5. The summed E-state index contributed by atoms with van der Waals surface area (Å²) in [6.45, 7) is 3.91. The molecular weight excluding hydrogens is 256 g/mol. The van der Waals surface area contributed by atoms with Crippen molar-refractivity contribution in [2.75, 3.05) is 20.3 Å². The molecular formula is C15H20N2O3. The van der Waals surface area contributed by atoms with Crippen molar-refractivity contribution >= 4 is 0 Å². The van der Waals surface area contributed by atoms with Crippen molar-refractivity contribution in [3.8, 4) is 11.5 Å². The standard InChI is InChI=1S/C15H20N2O3/c1-3-12-10-17-15(20-12)11-16-8-9-19-14-7-5-4-6-13(14)18-2/h4-7,10,16H,3,8-9,11H2,1-2H3. The van der Waals surface area contributed by atoms with E-state index in [1.807, 2.05) is 31.2 Å². The average Bonchev–Trinajstić information content (AvgIpc) is 2.95. The summed E-state index contributed by atoms with van der Waals surface area (Å²) in [6.07, 6.45) is 2.63. The first-order chi connectivity index (χ1) is 9.83. The molecule has 1 aromatic carbocycles. The predicted octanol–water partition coefficient (Wildman–Crippen LogP) is 2.41. The van der Waals surface area contributed by atoms with Crippen molar-refractivity contribution in [1.29, 1.82) is 0 Å². The maximum absolute atomic E-state index is 5.65. The quantitative estimate of drug-likeness (QED) is 0.750. The molecule has 108 valence electrons. The molecule has 0 fully saturated rings. The Hall–Kier alpha value is -2.01. The molecule has 0 radical (unpaired) electrons. The molecule has 0 saturated heterocycles. The number of nitrogens with zero attached hydrogens (tertiary/aromatic N) is 1. The van der Waals surface area contributed by atoms with Crippen molar-refractivity contribution in [2.45, 2.75) is 19.9 Å². The first-order valence-corrected chi connectivity index (χ1v) is 6.73. The third-order valence-corrected chi connectivity index (χ3v) is 2.83. The Balaban J connectivity index is 1.68. The number of hydrogen-bond acceptors (Lipinski definition) is 5. The Labute approximate surface area is 118 Å². The second-order valence-corrected chi connectivity index (χ2v) is 4.25. The van der Waals surface area contributed by atoms with Gasteiger partial charge in [-0.3, -0.25) is 0 Å². The van der Waals surface area contributed by atoms with Crippen molar-refractivity contribution in [2.24, 2.45) is 0 Å². The molecule has 0 atom stereocenters. The van der Waals surface area contributed by atoms with Gasteiger partial charge in [-0.25, -0.2) is 4.98 Å². The number of rotatable bonds is 8. The van der Waals surface area contributed by atoms with E-state index < -0.39 is 0 Å². The first kappa shape index (κ1) is 14.4. The maximum atomic E-state index is 5.65. The minimum atomic E-state index is 0.557. The average molecular weight is 276 g/mol. The molecule has 1 heterocycles. The van der Waals surface area contributed by atoms with Crippen molar-refractivity contribution in [3.05, 3.63) is 42.1 Å². The Bertz CT molecular complexity index is 525. The maximum Gasteiger partial charge on any atom is 0.208 e. The van der Waals surface area contributed by atoms with E-state index >= 15 is 0 Å². The summed E-state index contributed by atoms with van der Waals surface area (Å²) < 4.78 is 16.4. The van der Waals surface area contributed by atoms with Crippen molar-refractivity contribution in [3.63, 3.8) is 0 Å². The topological polar surface area (TPSA) is 56.5 Å². The number of ether oxygens (including phenoxy) is 2. The normalized spacial score (nSPS) is 10.5. The van der Waals surface area contributed by atoms with Crippen LogP contribution in [0.1, 0.15) is 18.6 Å². The van der Waals surface area contributed by atoms with Gasteiger partial charge in [0.1, 0.15) is 12.4 Å². The summed E-state index contributed by atoms with van der Waals surface area (Å²) in [5.74, 6) is 3.11. The smallest absolute Gasteiger partial charge is 0.208 e. The fourth-order valence-corrected chi connectivity index (χ4v) is 1.76. The summed E-state index contributed by atoms with van der Waals surface area (Å²) in [6, 6.07) is 7.60. The zero-order valence-corrected chi connectivity index (χ0v) is 11.9. The van der Waals surface area contributed by atoms with Crippen LogP contribution in [0.4, 0.5) is 0 Å². The predicted molar refractivity (Wildman–Crippen MR) is 76.1 cm³/mol. The van der Waals surface area contributed by atoms with Crippen LogP contribution in [0, 0.1) is 0 Å². The Kier molecular flexibility index (Phi) is 5.43. The SMILES string of the molecule is CCc1cnc(CNCCOc2ccccc2OC)o1. The highest BCUT2D eigenvalue weighted by Gasteiger charge is 2.03. The van der Waals surface area contributed by atoms with Gasteiger partial charge in [0.15, 0.2) is 11.5 Å². The number of nitrogens with one attached hydrogen (secondary N) is 1. The molecule has 1 N–H and O–H groups in total. The lowest BCUT2D eigenvalue weighted by atomic mass is 10.3. The number of oxazole rings is 1. The summed E-state index contributed by atoms with van der Waals surface area (Å²) in [7, 11) is 1.63. The molecule has 0 unspecified atom stereocenters. The summed E-state index contributed by atoms with van der Waals surface area (Å²) in [4.78, 5) is 4.18. The lowest BCUT2D eigenvalue weighted by Crippen LogP contribution is -2.20. The van der Waals surface area contributed by atoms with Gasteiger partial charge < -0.3 is 19.2 Å². The monoisotopic (exact) mass is 276 g/mol. The van der Waals surface area contributed by atoms with Crippen molar-refractivity contribution in [1.82, 2.24) is 10.3 Å². The lowest BCUT2D eigenvalue weighted by molar-refractivity contribution is 0.289. The number of aromatic nitrogens is 1. The van der Waals surface area contributed by atoms with Gasteiger partial charge in [0, 0.05) is 13.0 Å². The Morgan fingerprint density at radius 2 is 2.05 bits per heavy atom. The molecule has 2 rings (SSSR count). The summed E-state index contributed by atoms with van der Waals surface area (Å²) in [5.41, 5.74) is 0. The van der Waals surface area contributed by atoms with E-state index in [0.29, 0.717) is 25.6 Å². The second-order valence-electron chi connectivity index (χ2n) is 4.25. The van der Waals surface area contributed by atoms with Gasteiger partial charge in [0.2, 0.25) is 5.89 Å². The highest BCUT2D eigenvalue weighted by Crippen LogP contribution is 2.25. The van der Waals surface area contributed by atoms with Crippen LogP contribution >= 0.6 is 0 Å². The molecule has 0 aliphatic rings. The highest BCUT2D eigenvalue weighted by molar-refractivity contribution is 5.39. The zero-order valence-electron chi connectivity index (χ0n) is 11.9. The van der Waals surface area contributed by atoms with E-state index in [1.54, 1.807) is 13.3 Å². The Morgan fingerprint density at radius 1 is 1.25 bits per heavy atom. The number of para-hydroxylation sites is 2. The van der Waals surface area contributed by atoms with Gasteiger partial charge in [-0.15, -0.1) is 0 Å². The molecule has 5 nitrogen and oxygen atoms in total.